The van der Waals surface area contributed by atoms with Gasteiger partial charge in [-0.1, -0.05) is 30.4 Å². The van der Waals surface area contributed by atoms with Crippen molar-refractivity contribution in [3.05, 3.63) is 52.4 Å². The Kier molecular flexibility index (Phi) is 6.95. The second kappa shape index (κ2) is 9.47. The van der Waals surface area contributed by atoms with Crippen LogP contribution in [0.25, 0.3) is 11.1 Å². The highest BCUT2D eigenvalue weighted by Gasteiger charge is 2.35. The second-order valence-electron chi connectivity index (χ2n) is 8.09. The van der Waals surface area contributed by atoms with Crippen molar-refractivity contribution in [1.82, 2.24) is 0 Å². The molecule has 1 amide bonds. The molecule has 1 aliphatic rings. The van der Waals surface area contributed by atoms with E-state index in [0.29, 0.717) is 29.0 Å². The summed E-state index contributed by atoms with van der Waals surface area (Å²) in [6.07, 6.45) is 3.96. The van der Waals surface area contributed by atoms with E-state index in [2.05, 4.69) is 5.32 Å². The Morgan fingerprint density at radius 3 is 2.39 bits per heavy atom. The van der Waals surface area contributed by atoms with Crippen LogP contribution in [0.15, 0.2) is 35.7 Å². The summed E-state index contributed by atoms with van der Waals surface area (Å²) in [6, 6.07) is 5.93. The summed E-state index contributed by atoms with van der Waals surface area (Å²) in [6.45, 7) is 7.56. The molecule has 2 aromatic rings. The lowest BCUT2D eigenvalue weighted by atomic mass is 9.82. The lowest BCUT2D eigenvalue weighted by Crippen LogP contribution is -2.34. The Morgan fingerprint density at radius 2 is 1.77 bits per heavy atom. The number of ether oxygens (including phenoxy) is 1. The Balaban J connectivity index is 1.98. The van der Waals surface area contributed by atoms with Crippen molar-refractivity contribution >= 4 is 34.2 Å². The SMILES string of the molecule is Cc1ccc(-c2csc(NC(=O)[C@@H]3CC=CC[C@H]3C(=O)O)c2C(=O)OC(C)C)cc1C. The minimum atomic E-state index is -0.994. The number of carboxylic acids is 1. The molecule has 3 rings (SSSR count). The van der Waals surface area contributed by atoms with E-state index in [1.54, 1.807) is 19.9 Å². The minimum Gasteiger partial charge on any atom is -0.481 e. The van der Waals surface area contributed by atoms with Gasteiger partial charge < -0.3 is 15.2 Å². The molecule has 0 unspecified atom stereocenters. The number of allylic oxidation sites excluding steroid dienone is 2. The molecular weight excluding hydrogens is 414 g/mol. The van der Waals surface area contributed by atoms with Gasteiger partial charge in [0, 0.05) is 10.9 Å². The van der Waals surface area contributed by atoms with E-state index in [-0.39, 0.29) is 6.10 Å². The van der Waals surface area contributed by atoms with Gasteiger partial charge in [-0.05, 0) is 57.2 Å². The molecule has 6 nitrogen and oxygen atoms in total. The van der Waals surface area contributed by atoms with Gasteiger partial charge in [0.25, 0.3) is 0 Å². The number of esters is 1. The Hall–Kier alpha value is -2.93. The maximum Gasteiger partial charge on any atom is 0.342 e. The molecule has 0 saturated heterocycles. The van der Waals surface area contributed by atoms with Crippen LogP contribution in [0.2, 0.25) is 0 Å². The van der Waals surface area contributed by atoms with E-state index in [1.807, 2.05) is 43.5 Å². The Morgan fingerprint density at radius 1 is 1.10 bits per heavy atom. The lowest BCUT2D eigenvalue weighted by molar-refractivity contribution is -0.146. The van der Waals surface area contributed by atoms with Crippen molar-refractivity contribution in [1.29, 1.82) is 0 Å². The molecule has 2 N–H and O–H groups in total. The smallest absolute Gasteiger partial charge is 0.342 e. The molecule has 1 aromatic carbocycles. The molecule has 0 spiro atoms. The molecule has 1 aliphatic carbocycles. The van der Waals surface area contributed by atoms with Crippen LogP contribution in [0, 0.1) is 25.7 Å². The van der Waals surface area contributed by atoms with Crippen LogP contribution >= 0.6 is 11.3 Å². The van der Waals surface area contributed by atoms with Crippen LogP contribution in [0.3, 0.4) is 0 Å². The van der Waals surface area contributed by atoms with Crippen molar-refractivity contribution < 1.29 is 24.2 Å². The van der Waals surface area contributed by atoms with Gasteiger partial charge in [0.2, 0.25) is 5.91 Å². The summed E-state index contributed by atoms with van der Waals surface area (Å²) in [4.78, 5) is 37.5. The molecule has 0 aliphatic heterocycles. The Labute approximate surface area is 185 Å². The monoisotopic (exact) mass is 441 g/mol. The van der Waals surface area contributed by atoms with Crippen LogP contribution in [0.4, 0.5) is 5.00 Å². The number of thiophene rings is 1. The van der Waals surface area contributed by atoms with Crippen molar-refractivity contribution in [2.24, 2.45) is 11.8 Å². The predicted molar refractivity (Wildman–Crippen MR) is 121 cm³/mol. The number of hydrogen-bond acceptors (Lipinski definition) is 5. The van der Waals surface area contributed by atoms with Crippen molar-refractivity contribution in [3.63, 3.8) is 0 Å². The van der Waals surface area contributed by atoms with Gasteiger partial charge in [-0.3, -0.25) is 9.59 Å². The molecule has 31 heavy (non-hydrogen) atoms. The largest absolute Gasteiger partial charge is 0.481 e. The second-order valence-corrected chi connectivity index (χ2v) is 8.97. The standard InChI is InChI=1S/C24H27NO5S/c1-13(2)30-24(29)20-19(16-10-9-14(3)15(4)11-16)12-31-22(20)25-21(26)17-7-5-6-8-18(17)23(27)28/h5-6,9-13,17-18H,7-8H2,1-4H3,(H,25,26)(H,27,28)/t17-,18-/m1/s1. The number of aliphatic carboxylic acids is 1. The van der Waals surface area contributed by atoms with E-state index >= 15 is 0 Å². The number of benzene rings is 1. The van der Waals surface area contributed by atoms with Gasteiger partial charge in [-0.2, -0.15) is 0 Å². The average Bonchev–Trinajstić information content (AvgIpc) is 3.13. The summed E-state index contributed by atoms with van der Waals surface area (Å²) >= 11 is 1.24. The van der Waals surface area contributed by atoms with E-state index in [9.17, 15) is 19.5 Å². The topological polar surface area (TPSA) is 92.7 Å². The summed E-state index contributed by atoms with van der Waals surface area (Å²) in [7, 11) is 0. The fraction of sp³-hybridized carbons (Fsp3) is 0.375. The van der Waals surface area contributed by atoms with E-state index in [4.69, 9.17) is 4.74 Å². The van der Waals surface area contributed by atoms with Crippen LogP contribution < -0.4 is 5.32 Å². The van der Waals surface area contributed by atoms with Gasteiger partial charge in [-0.25, -0.2) is 4.79 Å². The number of carboxylic acid groups (broad SMARTS) is 1. The van der Waals surface area contributed by atoms with E-state index < -0.39 is 29.7 Å². The number of carbonyl (C=O) groups is 3. The first-order valence-electron chi connectivity index (χ1n) is 10.3. The van der Waals surface area contributed by atoms with E-state index in [0.717, 1.165) is 16.7 Å². The number of anilines is 1. The van der Waals surface area contributed by atoms with Crippen LogP contribution in [0.1, 0.15) is 48.2 Å². The first-order chi connectivity index (χ1) is 14.7. The van der Waals surface area contributed by atoms with Gasteiger partial charge in [-0.15, -0.1) is 11.3 Å². The summed E-state index contributed by atoms with van der Waals surface area (Å²) in [5.74, 6) is -3.38. The highest BCUT2D eigenvalue weighted by atomic mass is 32.1. The number of rotatable bonds is 6. The van der Waals surface area contributed by atoms with Crippen LogP contribution in [0.5, 0.6) is 0 Å². The fourth-order valence-corrected chi connectivity index (χ4v) is 4.59. The van der Waals surface area contributed by atoms with Crippen LogP contribution in [-0.4, -0.2) is 29.1 Å². The third-order valence-corrected chi connectivity index (χ3v) is 6.37. The van der Waals surface area contributed by atoms with Gasteiger partial charge in [0.05, 0.1) is 17.9 Å². The van der Waals surface area contributed by atoms with Gasteiger partial charge in [0.15, 0.2) is 0 Å². The molecule has 0 radical (unpaired) electrons. The average molecular weight is 442 g/mol. The number of carbonyl (C=O) groups excluding carboxylic acids is 2. The zero-order valence-corrected chi connectivity index (χ0v) is 18.9. The summed E-state index contributed by atoms with van der Waals surface area (Å²) in [5, 5.41) is 14.5. The quantitative estimate of drug-likeness (QED) is 0.475. The summed E-state index contributed by atoms with van der Waals surface area (Å²) < 4.78 is 5.45. The molecule has 164 valence electrons. The molecule has 0 saturated carbocycles. The first kappa shape index (κ1) is 22.7. The minimum absolute atomic E-state index is 0.300. The summed E-state index contributed by atoms with van der Waals surface area (Å²) in [5.41, 5.74) is 4.08. The number of amides is 1. The van der Waals surface area contributed by atoms with Crippen LogP contribution in [-0.2, 0) is 14.3 Å². The Bertz CT molecular complexity index is 1040. The number of hydrogen-bond donors (Lipinski definition) is 2. The number of aryl methyl sites for hydroxylation is 2. The van der Waals surface area contributed by atoms with Crippen molar-refractivity contribution in [2.45, 2.75) is 46.6 Å². The molecule has 0 bridgehead atoms. The normalized spacial score (nSPS) is 18.1. The maximum absolute atomic E-state index is 13.0. The zero-order chi connectivity index (χ0) is 22.7. The number of nitrogens with one attached hydrogen (secondary N) is 1. The molecule has 1 aromatic heterocycles. The maximum atomic E-state index is 13.0. The van der Waals surface area contributed by atoms with Gasteiger partial charge in [0.1, 0.15) is 10.6 Å². The third kappa shape index (κ3) is 5.05. The fourth-order valence-electron chi connectivity index (χ4n) is 3.63. The molecule has 1 heterocycles. The third-order valence-electron chi connectivity index (χ3n) is 5.48. The molecule has 2 atom stereocenters. The molecular formula is C24H27NO5S. The first-order valence-corrected chi connectivity index (χ1v) is 11.2. The van der Waals surface area contributed by atoms with Gasteiger partial charge >= 0.3 is 11.9 Å². The zero-order valence-electron chi connectivity index (χ0n) is 18.1. The molecule has 7 heteroatoms. The lowest BCUT2D eigenvalue weighted by Gasteiger charge is -2.24. The van der Waals surface area contributed by atoms with Crippen molar-refractivity contribution in [2.75, 3.05) is 5.32 Å². The highest BCUT2D eigenvalue weighted by molar-refractivity contribution is 7.15. The van der Waals surface area contributed by atoms with E-state index in [1.165, 1.54) is 11.3 Å². The van der Waals surface area contributed by atoms with Crippen molar-refractivity contribution in [3.8, 4) is 11.1 Å². The predicted octanol–water partition coefficient (Wildman–Crippen LogP) is 5.20. The highest BCUT2D eigenvalue weighted by Crippen LogP contribution is 2.38. The molecule has 0 fully saturated rings.